The highest BCUT2D eigenvalue weighted by molar-refractivity contribution is 7.98. The van der Waals surface area contributed by atoms with E-state index < -0.39 is 0 Å². The molecule has 0 saturated heterocycles. The van der Waals surface area contributed by atoms with Crippen LogP contribution in [0.5, 0.6) is 11.5 Å². The Labute approximate surface area is 111 Å². The molecule has 2 aromatic carbocycles. The lowest BCUT2D eigenvalue weighted by Crippen LogP contribution is -1.90. The van der Waals surface area contributed by atoms with E-state index in [-0.39, 0.29) is 0 Å². The van der Waals surface area contributed by atoms with Crippen LogP contribution in [0.4, 0.5) is 0 Å². The number of nitriles is 1. The van der Waals surface area contributed by atoms with E-state index in [1.807, 2.05) is 54.8 Å². The van der Waals surface area contributed by atoms with Crippen LogP contribution in [0.15, 0.2) is 53.4 Å². The largest absolute Gasteiger partial charge is 0.457 e. The van der Waals surface area contributed by atoms with Crippen molar-refractivity contribution in [2.24, 2.45) is 0 Å². The smallest absolute Gasteiger partial charge is 0.131 e. The Morgan fingerprint density at radius 2 is 1.83 bits per heavy atom. The van der Waals surface area contributed by atoms with Gasteiger partial charge in [-0.3, -0.25) is 0 Å². The molecule has 0 saturated carbocycles. The molecule has 18 heavy (non-hydrogen) atoms. The highest BCUT2D eigenvalue weighted by atomic mass is 32.2. The maximum absolute atomic E-state index is 8.77. The van der Waals surface area contributed by atoms with E-state index in [1.54, 1.807) is 11.8 Å². The van der Waals surface area contributed by atoms with Crippen LogP contribution in [0.3, 0.4) is 0 Å². The lowest BCUT2D eigenvalue weighted by Gasteiger charge is -2.09. The van der Waals surface area contributed by atoms with Crippen molar-refractivity contribution in [2.45, 2.75) is 11.3 Å². The fourth-order valence-electron chi connectivity index (χ4n) is 1.61. The summed E-state index contributed by atoms with van der Waals surface area (Å²) in [4.78, 5) is 1.20. The number of thioether (sulfide) groups is 1. The zero-order valence-electron chi connectivity index (χ0n) is 10.1. The Bertz CT molecular complexity index is 557. The topological polar surface area (TPSA) is 33.0 Å². The molecule has 0 spiro atoms. The van der Waals surface area contributed by atoms with Crippen LogP contribution < -0.4 is 4.74 Å². The molecule has 0 fully saturated rings. The van der Waals surface area contributed by atoms with Crippen molar-refractivity contribution in [3.8, 4) is 17.6 Å². The summed E-state index contributed by atoms with van der Waals surface area (Å²) in [6.07, 6.45) is 2.40. The summed E-state index contributed by atoms with van der Waals surface area (Å²) in [7, 11) is 0. The van der Waals surface area contributed by atoms with E-state index in [9.17, 15) is 0 Å². The van der Waals surface area contributed by atoms with E-state index in [0.29, 0.717) is 6.42 Å². The van der Waals surface area contributed by atoms with Crippen molar-refractivity contribution >= 4 is 11.8 Å². The van der Waals surface area contributed by atoms with Crippen molar-refractivity contribution in [1.82, 2.24) is 0 Å². The summed E-state index contributed by atoms with van der Waals surface area (Å²) in [6, 6.07) is 17.7. The molecule has 0 amide bonds. The molecule has 0 aromatic heterocycles. The molecule has 0 N–H and O–H groups in total. The van der Waals surface area contributed by atoms with E-state index in [0.717, 1.165) is 17.1 Å². The van der Waals surface area contributed by atoms with Gasteiger partial charge in [-0.1, -0.05) is 18.2 Å². The van der Waals surface area contributed by atoms with Gasteiger partial charge in [0.15, 0.2) is 0 Å². The zero-order chi connectivity index (χ0) is 12.8. The number of hydrogen-bond acceptors (Lipinski definition) is 3. The average Bonchev–Trinajstić information content (AvgIpc) is 2.42. The van der Waals surface area contributed by atoms with Crippen molar-refractivity contribution in [2.75, 3.05) is 6.26 Å². The first-order valence-electron chi connectivity index (χ1n) is 5.60. The van der Waals surface area contributed by atoms with Crippen molar-refractivity contribution < 1.29 is 4.74 Å². The highest BCUT2D eigenvalue weighted by Gasteiger charge is 2.03. The highest BCUT2D eigenvalue weighted by Crippen LogP contribution is 2.27. The molecule has 90 valence electrons. The van der Waals surface area contributed by atoms with Crippen LogP contribution in [0.25, 0.3) is 0 Å². The first kappa shape index (κ1) is 12.5. The Kier molecular flexibility index (Phi) is 4.27. The van der Waals surface area contributed by atoms with Gasteiger partial charge >= 0.3 is 0 Å². The Hall–Kier alpha value is -1.92. The third-order valence-corrected chi connectivity index (χ3v) is 3.27. The standard InChI is InChI=1S/C15H13NOS/c1-18-14-8-6-13(7-9-14)17-15-5-3-2-4-12(15)10-11-16/h2-9H,10H2,1H3. The number of nitrogens with zero attached hydrogens (tertiary/aromatic N) is 1. The fraction of sp³-hybridized carbons (Fsp3) is 0.133. The number of hydrogen-bond donors (Lipinski definition) is 0. The van der Waals surface area contributed by atoms with Gasteiger partial charge in [0.05, 0.1) is 12.5 Å². The molecule has 0 atom stereocenters. The van der Waals surface area contributed by atoms with Crippen molar-refractivity contribution in [1.29, 1.82) is 5.26 Å². The Morgan fingerprint density at radius 1 is 1.11 bits per heavy atom. The summed E-state index contributed by atoms with van der Waals surface area (Å²) < 4.78 is 5.80. The number of benzene rings is 2. The van der Waals surface area contributed by atoms with Gasteiger partial charge in [-0.2, -0.15) is 5.26 Å². The molecular formula is C15H13NOS. The number of rotatable bonds is 4. The predicted octanol–water partition coefficient (Wildman–Crippen LogP) is 4.27. The second kappa shape index (κ2) is 6.13. The van der Waals surface area contributed by atoms with Gasteiger partial charge in [0.1, 0.15) is 11.5 Å². The molecule has 0 radical (unpaired) electrons. The molecular weight excluding hydrogens is 242 g/mol. The number of para-hydroxylation sites is 1. The molecule has 0 bridgehead atoms. The van der Waals surface area contributed by atoms with Crippen LogP contribution >= 0.6 is 11.8 Å². The Morgan fingerprint density at radius 3 is 2.50 bits per heavy atom. The first-order chi connectivity index (χ1) is 8.83. The van der Waals surface area contributed by atoms with Crippen LogP contribution in [-0.2, 0) is 6.42 Å². The number of ether oxygens (including phenoxy) is 1. The first-order valence-corrected chi connectivity index (χ1v) is 6.82. The van der Waals surface area contributed by atoms with Crippen LogP contribution in [-0.4, -0.2) is 6.26 Å². The molecule has 0 aliphatic rings. The summed E-state index contributed by atoms with van der Waals surface area (Å²) in [5, 5.41) is 8.77. The van der Waals surface area contributed by atoms with Crippen molar-refractivity contribution in [3.63, 3.8) is 0 Å². The van der Waals surface area contributed by atoms with Crippen LogP contribution in [0.1, 0.15) is 5.56 Å². The van der Waals surface area contributed by atoms with Gasteiger partial charge in [0.25, 0.3) is 0 Å². The molecule has 0 aliphatic heterocycles. The van der Waals surface area contributed by atoms with E-state index in [2.05, 4.69) is 6.07 Å². The monoisotopic (exact) mass is 255 g/mol. The maximum Gasteiger partial charge on any atom is 0.131 e. The minimum atomic E-state index is 0.360. The summed E-state index contributed by atoms with van der Waals surface area (Å²) in [6.45, 7) is 0. The van der Waals surface area contributed by atoms with Crippen LogP contribution in [0, 0.1) is 11.3 Å². The van der Waals surface area contributed by atoms with E-state index >= 15 is 0 Å². The van der Waals surface area contributed by atoms with E-state index in [1.165, 1.54) is 4.90 Å². The normalized spacial score (nSPS) is 9.78. The fourth-order valence-corrected chi connectivity index (χ4v) is 2.01. The maximum atomic E-state index is 8.77. The van der Waals surface area contributed by atoms with Gasteiger partial charge in [0.2, 0.25) is 0 Å². The van der Waals surface area contributed by atoms with Gasteiger partial charge in [-0.05, 0) is 36.6 Å². The molecule has 0 heterocycles. The molecule has 2 rings (SSSR count). The van der Waals surface area contributed by atoms with Crippen LogP contribution in [0.2, 0.25) is 0 Å². The molecule has 2 nitrogen and oxygen atoms in total. The summed E-state index contributed by atoms with van der Waals surface area (Å²) >= 11 is 1.70. The molecule has 2 aromatic rings. The SMILES string of the molecule is CSc1ccc(Oc2ccccc2CC#N)cc1. The predicted molar refractivity (Wildman–Crippen MR) is 74.1 cm³/mol. The second-order valence-corrected chi connectivity index (χ2v) is 4.60. The third kappa shape index (κ3) is 3.06. The van der Waals surface area contributed by atoms with Gasteiger partial charge in [-0.25, -0.2) is 0 Å². The minimum absolute atomic E-state index is 0.360. The van der Waals surface area contributed by atoms with Gasteiger partial charge < -0.3 is 4.74 Å². The summed E-state index contributed by atoms with van der Waals surface area (Å²) in [5.41, 5.74) is 0.911. The van der Waals surface area contributed by atoms with Gasteiger partial charge in [0, 0.05) is 10.5 Å². The van der Waals surface area contributed by atoms with Crippen molar-refractivity contribution in [3.05, 3.63) is 54.1 Å². The zero-order valence-corrected chi connectivity index (χ0v) is 10.9. The van der Waals surface area contributed by atoms with E-state index in [4.69, 9.17) is 10.00 Å². The third-order valence-electron chi connectivity index (χ3n) is 2.53. The lowest BCUT2D eigenvalue weighted by molar-refractivity contribution is 0.477. The average molecular weight is 255 g/mol. The second-order valence-electron chi connectivity index (χ2n) is 3.72. The molecule has 3 heteroatoms. The quantitative estimate of drug-likeness (QED) is 0.765. The lowest BCUT2D eigenvalue weighted by atomic mass is 10.1. The molecule has 0 aliphatic carbocycles. The van der Waals surface area contributed by atoms with Gasteiger partial charge in [-0.15, -0.1) is 11.8 Å². The Balaban J connectivity index is 2.20. The molecule has 0 unspecified atom stereocenters. The minimum Gasteiger partial charge on any atom is -0.457 e. The summed E-state index contributed by atoms with van der Waals surface area (Å²) in [5.74, 6) is 1.54.